The third-order valence-electron chi connectivity index (χ3n) is 5.01. The molecule has 0 unspecified atom stereocenters. The molecule has 2 amide bonds. The van der Waals surface area contributed by atoms with E-state index in [2.05, 4.69) is 16.9 Å². The number of hydrogen-bond donors (Lipinski definition) is 1. The number of hydrogen-bond acceptors (Lipinski definition) is 4. The third-order valence-corrected chi connectivity index (χ3v) is 5.01. The molecule has 128 valence electrons. The number of ether oxygens (including phenoxy) is 1. The molecule has 2 fully saturated rings. The average Bonchev–Trinajstić information content (AvgIpc) is 3.46. The van der Waals surface area contributed by atoms with Crippen molar-refractivity contribution in [3.05, 3.63) is 31.0 Å². The monoisotopic (exact) mass is 329 g/mol. The van der Waals surface area contributed by atoms with Gasteiger partial charge in [0.15, 0.2) is 0 Å². The predicted molar refractivity (Wildman–Crippen MR) is 90.6 cm³/mol. The summed E-state index contributed by atoms with van der Waals surface area (Å²) in [6.45, 7) is 3.97. The van der Waals surface area contributed by atoms with Gasteiger partial charge in [-0.2, -0.15) is 0 Å². The summed E-state index contributed by atoms with van der Waals surface area (Å²) in [7, 11) is 3.50. The summed E-state index contributed by atoms with van der Waals surface area (Å²) in [5.74, 6) is 0.480. The van der Waals surface area contributed by atoms with Gasteiger partial charge in [0.1, 0.15) is 6.61 Å². The quantitative estimate of drug-likeness (QED) is 0.779. The second-order valence-electron chi connectivity index (χ2n) is 6.80. The first kappa shape index (κ1) is 16.5. The highest BCUT2D eigenvalue weighted by molar-refractivity contribution is 6.03. The van der Waals surface area contributed by atoms with Gasteiger partial charge in [0, 0.05) is 20.2 Å². The fourth-order valence-corrected chi connectivity index (χ4v) is 3.43. The van der Waals surface area contributed by atoms with E-state index in [1.165, 1.54) is 0 Å². The molecule has 24 heavy (non-hydrogen) atoms. The Balaban J connectivity index is 1.69. The molecular weight excluding hydrogens is 306 g/mol. The first-order chi connectivity index (χ1) is 11.4. The Morgan fingerprint density at radius 3 is 2.42 bits per heavy atom. The van der Waals surface area contributed by atoms with Crippen molar-refractivity contribution in [2.24, 2.45) is 10.8 Å². The van der Waals surface area contributed by atoms with E-state index in [-0.39, 0.29) is 11.8 Å². The van der Waals surface area contributed by atoms with E-state index in [0.717, 1.165) is 25.7 Å². The number of pyridine rings is 1. The van der Waals surface area contributed by atoms with Crippen LogP contribution in [-0.4, -0.2) is 42.4 Å². The maximum atomic E-state index is 12.8. The van der Waals surface area contributed by atoms with Gasteiger partial charge < -0.3 is 15.0 Å². The Morgan fingerprint density at radius 2 is 1.96 bits per heavy atom. The van der Waals surface area contributed by atoms with Gasteiger partial charge in [-0.3, -0.25) is 9.59 Å². The second kappa shape index (κ2) is 5.92. The van der Waals surface area contributed by atoms with E-state index in [4.69, 9.17) is 4.74 Å². The van der Waals surface area contributed by atoms with Crippen LogP contribution in [0.5, 0.6) is 5.88 Å². The highest BCUT2D eigenvalue weighted by Gasteiger charge is 2.73. The normalized spacial score (nSPS) is 19.1. The summed E-state index contributed by atoms with van der Waals surface area (Å²) in [6.07, 6.45) is 6.34. The largest absolute Gasteiger partial charge is 0.473 e. The van der Waals surface area contributed by atoms with Crippen molar-refractivity contribution >= 4 is 17.5 Å². The predicted octanol–water partition coefficient (Wildman–Crippen LogP) is 2.23. The highest BCUT2D eigenvalue weighted by atomic mass is 16.5. The van der Waals surface area contributed by atoms with Crippen LogP contribution >= 0.6 is 0 Å². The maximum absolute atomic E-state index is 12.8. The minimum absolute atomic E-state index is 0.0708. The van der Waals surface area contributed by atoms with Gasteiger partial charge in [-0.15, -0.1) is 0 Å². The Labute approximate surface area is 141 Å². The highest BCUT2D eigenvalue weighted by Crippen LogP contribution is 2.71. The fraction of sp³-hybridized carbons (Fsp3) is 0.500. The summed E-state index contributed by atoms with van der Waals surface area (Å²) in [6, 6.07) is 3.46. The molecule has 6 nitrogen and oxygen atoms in total. The molecule has 0 radical (unpaired) electrons. The molecule has 0 aliphatic heterocycles. The summed E-state index contributed by atoms with van der Waals surface area (Å²) in [5.41, 5.74) is -0.432. The number of nitrogens with one attached hydrogen (secondary N) is 1. The van der Waals surface area contributed by atoms with Crippen LogP contribution < -0.4 is 10.1 Å². The minimum atomic E-state index is -0.549. The molecular formula is C18H23N3O3. The fourth-order valence-electron chi connectivity index (χ4n) is 3.43. The first-order valence-electron chi connectivity index (χ1n) is 8.18. The lowest BCUT2D eigenvalue weighted by Gasteiger charge is -2.27. The molecule has 6 heteroatoms. The molecule has 1 N–H and O–H groups in total. The zero-order valence-corrected chi connectivity index (χ0v) is 14.2. The molecule has 1 aromatic heterocycles. The van der Waals surface area contributed by atoms with E-state index in [1.807, 2.05) is 0 Å². The van der Waals surface area contributed by atoms with Crippen molar-refractivity contribution in [3.63, 3.8) is 0 Å². The first-order valence-corrected chi connectivity index (χ1v) is 8.18. The van der Waals surface area contributed by atoms with Crippen LogP contribution in [-0.2, 0) is 9.59 Å². The van der Waals surface area contributed by atoms with E-state index in [9.17, 15) is 9.59 Å². The number of amides is 2. The molecule has 2 aliphatic carbocycles. The Kier molecular flexibility index (Phi) is 4.07. The summed E-state index contributed by atoms with van der Waals surface area (Å²) >= 11 is 0. The Hall–Kier alpha value is -2.37. The number of anilines is 1. The van der Waals surface area contributed by atoms with Crippen LogP contribution in [0.25, 0.3) is 0 Å². The van der Waals surface area contributed by atoms with Gasteiger partial charge in [-0.1, -0.05) is 12.7 Å². The zero-order valence-electron chi connectivity index (χ0n) is 14.2. The number of carbonyl (C=O) groups is 2. The molecule has 2 saturated carbocycles. The van der Waals surface area contributed by atoms with E-state index < -0.39 is 10.8 Å². The van der Waals surface area contributed by atoms with Gasteiger partial charge in [0.25, 0.3) is 0 Å². The lowest BCUT2D eigenvalue weighted by atomic mass is 9.83. The lowest BCUT2D eigenvalue weighted by molar-refractivity contribution is -0.141. The van der Waals surface area contributed by atoms with Crippen LogP contribution in [0, 0.1) is 10.8 Å². The van der Waals surface area contributed by atoms with Gasteiger partial charge in [-0.05, 0) is 31.7 Å². The molecule has 1 aromatic rings. The van der Waals surface area contributed by atoms with E-state index in [0.29, 0.717) is 18.2 Å². The molecule has 0 saturated heterocycles. The van der Waals surface area contributed by atoms with Gasteiger partial charge in [-0.25, -0.2) is 4.98 Å². The standard InChI is InChI=1S/C18H23N3O3/c1-4-11-24-14-6-5-13(12-19-14)20-15(22)17(7-8-17)18(9-10-18)16(23)21(2)3/h4-6,12H,1,7-11H2,2-3H3,(H,20,22). The molecule has 2 aliphatic rings. The topological polar surface area (TPSA) is 71.5 Å². The molecule has 0 spiro atoms. The Morgan fingerprint density at radius 1 is 1.29 bits per heavy atom. The summed E-state index contributed by atoms with van der Waals surface area (Å²) < 4.78 is 5.32. The summed E-state index contributed by atoms with van der Waals surface area (Å²) in [4.78, 5) is 31.1. The van der Waals surface area contributed by atoms with Crippen LogP contribution in [0.3, 0.4) is 0 Å². The van der Waals surface area contributed by atoms with Gasteiger partial charge >= 0.3 is 0 Å². The van der Waals surface area contributed by atoms with Crippen molar-refractivity contribution in [1.29, 1.82) is 0 Å². The van der Waals surface area contributed by atoms with Gasteiger partial charge in [0.05, 0.1) is 22.7 Å². The van der Waals surface area contributed by atoms with Crippen molar-refractivity contribution in [2.45, 2.75) is 25.7 Å². The van der Waals surface area contributed by atoms with E-state index >= 15 is 0 Å². The molecule has 1 heterocycles. The van der Waals surface area contributed by atoms with Crippen LogP contribution in [0.4, 0.5) is 5.69 Å². The second-order valence-corrected chi connectivity index (χ2v) is 6.80. The number of nitrogens with zero attached hydrogens (tertiary/aromatic N) is 2. The van der Waals surface area contributed by atoms with Crippen molar-refractivity contribution in [2.75, 3.05) is 26.0 Å². The molecule has 0 bridgehead atoms. The van der Waals surface area contributed by atoms with Crippen LogP contribution in [0.15, 0.2) is 31.0 Å². The van der Waals surface area contributed by atoms with Crippen LogP contribution in [0.2, 0.25) is 0 Å². The smallest absolute Gasteiger partial charge is 0.231 e. The average molecular weight is 329 g/mol. The van der Waals surface area contributed by atoms with Crippen molar-refractivity contribution < 1.29 is 14.3 Å². The SMILES string of the molecule is C=CCOc1ccc(NC(=O)C2(C3(C(=O)N(C)C)CC3)CC2)cn1. The van der Waals surface area contributed by atoms with Crippen molar-refractivity contribution in [1.82, 2.24) is 9.88 Å². The van der Waals surface area contributed by atoms with Crippen LogP contribution in [0.1, 0.15) is 25.7 Å². The number of aromatic nitrogens is 1. The summed E-state index contributed by atoms with van der Waals surface area (Å²) in [5, 5.41) is 2.92. The number of carbonyl (C=O) groups excluding carboxylic acids is 2. The zero-order chi connectivity index (χ0) is 17.4. The van der Waals surface area contributed by atoms with E-state index in [1.54, 1.807) is 43.4 Å². The molecule has 0 aromatic carbocycles. The molecule has 3 rings (SSSR count). The molecule has 0 atom stereocenters. The maximum Gasteiger partial charge on any atom is 0.231 e. The third kappa shape index (κ3) is 2.66. The lowest BCUT2D eigenvalue weighted by Crippen LogP contribution is -2.42. The Bertz CT molecular complexity index is 659. The minimum Gasteiger partial charge on any atom is -0.473 e. The number of rotatable bonds is 7. The van der Waals surface area contributed by atoms with Gasteiger partial charge in [0.2, 0.25) is 17.7 Å². The van der Waals surface area contributed by atoms with Crippen molar-refractivity contribution in [3.8, 4) is 5.88 Å².